The first-order valence-corrected chi connectivity index (χ1v) is 5.64. The van der Waals surface area contributed by atoms with Crippen LogP contribution >= 0.6 is 0 Å². The van der Waals surface area contributed by atoms with Crippen molar-refractivity contribution in [1.82, 2.24) is 4.98 Å². The minimum absolute atomic E-state index is 0.221. The SMILES string of the molecule is COC(=O)c1c(C(C)=O)cnc2ccc(OC)cc12. The summed E-state index contributed by atoms with van der Waals surface area (Å²) in [6.45, 7) is 1.38. The molecule has 0 N–H and O–H groups in total. The molecule has 0 aliphatic carbocycles. The molecule has 0 fully saturated rings. The zero-order valence-electron chi connectivity index (χ0n) is 10.9. The molecule has 5 nitrogen and oxygen atoms in total. The molecule has 0 saturated carbocycles. The van der Waals surface area contributed by atoms with E-state index in [0.717, 1.165) is 0 Å². The number of hydrogen-bond acceptors (Lipinski definition) is 5. The predicted molar refractivity (Wildman–Crippen MR) is 69.6 cm³/mol. The quantitative estimate of drug-likeness (QED) is 0.624. The normalized spacial score (nSPS) is 10.3. The van der Waals surface area contributed by atoms with E-state index in [2.05, 4.69) is 4.98 Å². The lowest BCUT2D eigenvalue weighted by molar-refractivity contribution is 0.0599. The van der Waals surface area contributed by atoms with Crippen molar-refractivity contribution < 1.29 is 19.1 Å². The Bertz CT molecular complexity index is 664. The molecule has 5 heteroatoms. The van der Waals surface area contributed by atoms with Gasteiger partial charge in [-0.2, -0.15) is 0 Å². The number of carbonyl (C=O) groups is 2. The molecule has 2 rings (SSSR count). The molecule has 0 saturated heterocycles. The van der Waals surface area contributed by atoms with Crippen molar-refractivity contribution in [2.45, 2.75) is 6.92 Å². The van der Waals surface area contributed by atoms with Crippen LogP contribution in [0.15, 0.2) is 24.4 Å². The van der Waals surface area contributed by atoms with E-state index in [1.54, 1.807) is 18.2 Å². The average molecular weight is 259 g/mol. The predicted octanol–water partition coefficient (Wildman–Crippen LogP) is 2.23. The van der Waals surface area contributed by atoms with Gasteiger partial charge >= 0.3 is 5.97 Å². The molecule has 0 aliphatic heterocycles. The Hall–Kier alpha value is -2.43. The number of aromatic nitrogens is 1. The number of fused-ring (bicyclic) bond motifs is 1. The van der Waals surface area contributed by atoms with Crippen LogP contribution in [0.25, 0.3) is 10.9 Å². The third kappa shape index (κ3) is 2.27. The molecular weight excluding hydrogens is 246 g/mol. The molecule has 1 aromatic carbocycles. The van der Waals surface area contributed by atoms with Crippen LogP contribution in [0.4, 0.5) is 0 Å². The Kier molecular flexibility index (Phi) is 3.46. The second-order valence-corrected chi connectivity index (χ2v) is 3.98. The summed E-state index contributed by atoms with van der Waals surface area (Å²) in [5.74, 6) is -0.219. The molecule has 0 radical (unpaired) electrons. The summed E-state index contributed by atoms with van der Waals surface area (Å²) in [6, 6.07) is 5.13. The van der Waals surface area contributed by atoms with Crippen LogP contribution in [-0.4, -0.2) is 31.0 Å². The van der Waals surface area contributed by atoms with E-state index in [4.69, 9.17) is 9.47 Å². The molecule has 98 valence electrons. The zero-order valence-corrected chi connectivity index (χ0v) is 10.9. The van der Waals surface area contributed by atoms with E-state index in [9.17, 15) is 9.59 Å². The summed E-state index contributed by atoms with van der Waals surface area (Å²) < 4.78 is 9.88. The maximum absolute atomic E-state index is 11.9. The molecule has 19 heavy (non-hydrogen) atoms. The van der Waals surface area contributed by atoms with Gasteiger partial charge in [-0.3, -0.25) is 9.78 Å². The van der Waals surface area contributed by atoms with Crippen molar-refractivity contribution in [3.05, 3.63) is 35.5 Å². The van der Waals surface area contributed by atoms with Crippen molar-refractivity contribution in [2.75, 3.05) is 14.2 Å². The summed E-state index contributed by atoms with van der Waals surface area (Å²) >= 11 is 0. The molecule has 1 heterocycles. The highest BCUT2D eigenvalue weighted by molar-refractivity contribution is 6.13. The number of benzene rings is 1. The Balaban J connectivity index is 2.84. The summed E-state index contributed by atoms with van der Waals surface area (Å²) in [7, 11) is 2.81. The molecule has 0 bridgehead atoms. The first-order chi connectivity index (χ1) is 9.08. The number of hydrogen-bond donors (Lipinski definition) is 0. The average Bonchev–Trinajstić information content (AvgIpc) is 2.44. The van der Waals surface area contributed by atoms with Crippen LogP contribution in [0.3, 0.4) is 0 Å². The molecule has 1 aromatic heterocycles. The van der Waals surface area contributed by atoms with Gasteiger partial charge in [-0.25, -0.2) is 4.79 Å². The highest BCUT2D eigenvalue weighted by Gasteiger charge is 2.19. The van der Waals surface area contributed by atoms with Gasteiger partial charge in [0, 0.05) is 11.6 Å². The number of carbonyl (C=O) groups excluding carboxylic acids is 2. The van der Waals surface area contributed by atoms with E-state index < -0.39 is 5.97 Å². The third-order valence-corrected chi connectivity index (χ3v) is 2.84. The lowest BCUT2D eigenvalue weighted by Crippen LogP contribution is -2.10. The number of nitrogens with zero attached hydrogens (tertiary/aromatic N) is 1. The van der Waals surface area contributed by atoms with Crippen LogP contribution in [0.2, 0.25) is 0 Å². The lowest BCUT2D eigenvalue weighted by atomic mass is 10.0. The maximum atomic E-state index is 11.9. The highest BCUT2D eigenvalue weighted by Crippen LogP contribution is 2.26. The lowest BCUT2D eigenvalue weighted by Gasteiger charge is -2.09. The number of esters is 1. The van der Waals surface area contributed by atoms with Crippen molar-refractivity contribution in [3.63, 3.8) is 0 Å². The van der Waals surface area contributed by atoms with Gasteiger partial charge in [0.2, 0.25) is 0 Å². The first kappa shape index (κ1) is 13.0. The monoisotopic (exact) mass is 259 g/mol. The van der Waals surface area contributed by atoms with Crippen molar-refractivity contribution in [1.29, 1.82) is 0 Å². The van der Waals surface area contributed by atoms with Gasteiger partial charge in [0.15, 0.2) is 5.78 Å². The Morgan fingerprint density at radius 3 is 2.53 bits per heavy atom. The fourth-order valence-electron chi connectivity index (χ4n) is 1.89. The number of ether oxygens (including phenoxy) is 2. The summed E-state index contributed by atoms with van der Waals surface area (Å²) in [5.41, 5.74) is 1.07. The van der Waals surface area contributed by atoms with Crippen molar-refractivity contribution in [2.24, 2.45) is 0 Å². The van der Waals surface area contributed by atoms with E-state index >= 15 is 0 Å². The van der Waals surface area contributed by atoms with Crippen LogP contribution in [-0.2, 0) is 4.74 Å². The van der Waals surface area contributed by atoms with E-state index in [1.165, 1.54) is 27.3 Å². The van der Waals surface area contributed by atoms with Gasteiger partial charge in [-0.15, -0.1) is 0 Å². The van der Waals surface area contributed by atoms with E-state index in [0.29, 0.717) is 16.7 Å². The first-order valence-electron chi connectivity index (χ1n) is 5.64. The summed E-state index contributed by atoms with van der Waals surface area (Å²) in [5, 5.41) is 0.541. The molecule has 0 amide bonds. The Labute approximate surface area is 110 Å². The van der Waals surface area contributed by atoms with Crippen LogP contribution in [0.5, 0.6) is 5.75 Å². The van der Waals surface area contributed by atoms with Gasteiger partial charge in [0.25, 0.3) is 0 Å². The van der Waals surface area contributed by atoms with Gasteiger partial charge in [0.05, 0.1) is 30.9 Å². The second kappa shape index (κ2) is 5.06. The number of pyridine rings is 1. The fraction of sp³-hybridized carbons (Fsp3) is 0.214. The van der Waals surface area contributed by atoms with Gasteiger partial charge in [0.1, 0.15) is 5.75 Å². The molecule has 0 unspecified atom stereocenters. The largest absolute Gasteiger partial charge is 0.497 e. The van der Waals surface area contributed by atoms with Gasteiger partial charge in [-0.05, 0) is 25.1 Å². The maximum Gasteiger partial charge on any atom is 0.339 e. The Morgan fingerprint density at radius 1 is 1.21 bits per heavy atom. The van der Waals surface area contributed by atoms with Gasteiger partial charge in [-0.1, -0.05) is 0 Å². The highest BCUT2D eigenvalue weighted by atomic mass is 16.5. The molecule has 0 atom stereocenters. The molecule has 0 aliphatic rings. The number of ketones is 1. The van der Waals surface area contributed by atoms with Gasteiger partial charge < -0.3 is 9.47 Å². The van der Waals surface area contributed by atoms with Crippen molar-refractivity contribution in [3.8, 4) is 5.75 Å². The smallest absolute Gasteiger partial charge is 0.339 e. The standard InChI is InChI=1S/C14H13NO4/c1-8(16)11-7-15-12-5-4-9(18-2)6-10(12)13(11)14(17)19-3/h4-7H,1-3H3. The number of rotatable bonds is 3. The molecule has 0 spiro atoms. The van der Waals surface area contributed by atoms with E-state index in [-0.39, 0.29) is 16.9 Å². The number of methoxy groups -OCH3 is 2. The zero-order chi connectivity index (χ0) is 14.0. The van der Waals surface area contributed by atoms with Crippen LogP contribution in [0.1, 0.15) is 27.6 Å². The Morgan fingerprint density at radius 2 is 1.95 bits per heavy atom. The molecule has 2 aromatic rings. The summed E-state index contributed by atoms with van der Waals surface area (Å²) in [6.07, 6.45) is 1.39. The van der Waals surface area contributed by atoms with Crippen LogP contribution in [0, 0.1) is 0 Å². The fourth-order valence-corrected chi connectivity index (χ4v) is 1.89. The van der Waals surface area contributed by atoms with Crippen LogP contribution < -0.4 is 4.74 Å². The molecular formula is C14H13NO4. The number of Topliss-reactive ketones (excluding diaryl/α,β-unsaturated/α-hetero) is 1. The minimum atomic E-state index is -0.564. The summed E-state index contributed by atoms with van der Waals surface area (Å²) in [4.78, 5) is 27.7. The minimum Gasteiger partial charge on any atom is -0.497 e. The third-order valence-electron chi connectivity index (χ3n) is 2.84. The topological polar surface area (TPSA) is 65.5 Å². The van der Waals surface area contributed by atoms with Crippen molar-refractivity contribution >= 4 is 22.7 Å². The second-order valence-electron chi connectivity index (χ2n) is 3.98. The van der Waals surface area contributed by atoms with E-state index in [1.807, 2.05) is 0 Å².